The molecule has 5 rings (SSSR count). The van der Waals surface area contributed by atoms with Crippen molar-refractivity contribution in [1.82, 2.24) is 4.90 Å². The van der Waals surface area contributed by atoms with Crippen molar-refractivity contribution in [3.8, 4) is 11.5 Å². The largest absolute Gasteiger partial charge is 0.454 e. The second-order valence-electron chi connectivity index (χ2n) is 6.78. The van der Waals surface area contributed by atoms with Crippen molar-refractivity contribution in [2.45, 2.75) is 30.3 Å². The number of likely N-dealkylation sites (tertiary alicyclic amines) is 1. The first-order chi connectivity index (χ1) is 12.0. The van der Waals surface area contributed by atoms with Crippen molar-refractivity contribution >= 4 is 11.7 Å². The lowest BCUT2D eigenvalue weighted by Gasteiger charge is -2.48. The summed E-state index contributed by atoms with van der Waals surface area (Å²) in [7, 11) is 3.16. The number of rotatable bonds is 1. The third-order valence-electron chi connectivity index (χ3n) is 5.83. The number of amides is 1. The van der Waals surface area contributed by atoms with E-state index >= 15 is 0 Å². The van der Waals surface area contributed by atoms with Crippen molar-refractivity contribution in [3.05, 3.63) is 35.4 Å². The topological polar surface area (TPSA) is 74.3 Å². The number of carbonyl (C=O) groups is 2. The Morgan fingerprint density at radius 1 is 1.24 bits per heavy atom. The summed E-state index contributed by atoms with van der Waals surface area (Å²) >= 11 is 0. The summed E-state index contributed by atoms with van der Waals surface area (Å²) in [4.78, 5) is 26.7. The van der Waals surface area contributed by atoms with Crippen LogP contribution in [0.25, 0.3) is 0 Å². The fraction of sp³-hybridized carbons (Fsp3) is 0.444. The van der Waals surface area contributed by atoms with E-state index in [0.29, 0.717) is 11.5 Å². The summed E-state index contributed by atoms with van der Waals surface area (Å²) in [6.45, 7) is 0.383. The maximum absolute atomic E-state index is 13.1. The zero-order chi connectivity index (χ0) is 17.4. The van der Waals surface area contributed by atoms with Crippen LogP contribution in [0.1, 0.15) is 17.5 Å². The van der Waals surface area contributed by atoms with Gasteiger partial charge in [-0.15, -0.1) is 0 Å². The molecule has 3 atom stereocenters. The summed E-state index contributed by atoms with van der Waals surface area (Å²) in [5.74, 6) is -0.484. The van der Waals surface area contributed by atoms with Gasteiger partial charge in [0.2, 0.25) is 6.79 Å². The second kappa shape index (κ2) is 4.62. The number of methoxy groups -OCH3 is 1. The number of hydrogen-bond acceptors (Lipinski definition) is 6. The highest BCUT2D eigenvalue weighted by Crippen LogP contribution is 2.58. The Kier molecular flexibility index (Phi) is 2.76. The van der Waals surface area contributed by atoms with Crippen LogP contribution >= 0.6 is 0 Å². The molecule has 0 bridgehead atoms. The van der Waals surface area contributed by atoms with Gasteiger partial charge in [0.15, 0.2) is 17.3 Å². The van der Waals surface area contributed by atoms with Crippen molar-refractivity contribution in [2.75, 3.05) is 21.0 Å². The van der Waals surface area contributed by atoms with Crippen LogP contribution in [0.5, 0.6) is 11.5 Å². The smallest absolute Gasteiger partial charge is 0.284 e. The van der Waals surface area contributed by atoms with E-state index in [4.69, 9.17) is 18.9 Å². The number of nitrogens with zero attached hydrogens (tertiary/aromatic N) is 1. The highest BCUT2D eigenvalue weighted by molar-refractivity contribution is 5.98. The van der Waals surface area contributed by atoms with E-state index in [1.165, 1.54) is 13.2 Å². The number of benzene rings is 1. The Bertz CT molecular complexity index is 848. The van der Waals surface area contributed by atoms with Gasteiger partial charge in [-0.3, -0.25) is 9.59 Å². The Labute approximate surface area is 144 Å². The fourth-order valence-electron chi connectivity index (χ4n) is 4.69. The summed E-state index contributed by atoms with van der Waals surface area (Å²) in [6.07, 6.45) is 3.52. The van der Waals surface area contributed by atoms with Crippen LogP contribution < -0.4 is 9.47 Å². The molecule has 25 heavy (non-hydrogen) atoms. The molecule has 0 radical (unpaired) electrons. The number of likely N-dealkylation sites (N-methyl/N-ethyl adjacent to an activating group) is 1. The molecule has 1 aromatic rings. The minimum atomic E-state index is -1.48. The third-order valence-corrected chi connectivity index (χ3v) is 5.83. The molecule has 1 fully saturated rings. The van der Waals surface area contributed by atoms with Crippen molar-refractivity contribution in [3.63, 3.8) is 0 Å². The average molecular weight is 343 g/mol. The van der Waals surface area contributed by atoms with Gasteiger partial charge in [0.25, 0.3) is 11.7 Å². The summed E-state index contributed by atoms with van der Waals surface area (Å²) in [6, 6.07) is 3.40. The summed E-state index contributed by atoms with van der Waals surface area (Å²) in [5.41, 5.74) is 0.885. The van der Waals surface area contributed by atoms with Crippen LogP contribution in [0.3, 0.4) is 0 Å². The molecule has 7 nitrogen and oxygen atoms in total. The van der Waals surface area contributed by atoms with E-state index in [2.05, 4.69) is 0 Å². The number of allylic oxidation sites excluding steroid dienone is 1. The van der Waals surface area contributed by atoms with E-state index in [-0.39, 0.29) is 37.6 Å². The highest BCUT2D eigenvalue weighted by Gasteiger charge is 2.72. The molecule has 0 saturated carbocycles. The van der Waals surface area contributed by atoms with Gasteiger partial charge in [-0.2, -0.15) is 0 Å². The molecule has 1 aromatic carbocycles. The maximum Gasteiger partial charge on any atom is 0.284 e. The van der Waals surface area contributed by atoms with Gasteiger partial charge >= 0.3 is 0 Å². The van der Waals surface area contributed by atoms with Gasteiger partial charge < -0.3 is 23.8 Å². The number of ketones is 1. The van der Waals surface area contributed by atoms with Crippen molar-refractivity contribution in [2.24, 2.45) is 0 Å². The Morgan fingerprint density at radius 2 is 2.00 bits per heavy atom. The highest BCUT2D eigenvalue weighted by atomic mass is 16.7. The second-order valence-corrected chi connectivity index (χ2v) is 6.78. The standard InChI is InChI=1S/C18H17NO6/c1-19-15-6-11(20)3-4-17(15)12-7-14-13(23-9-24-14)5-10(12)8-25-18(17,22-2)16(19)21/h3-5,7,15H,6,8-9H2,1-2H3/t15-,17-,18+/m0/s1. The van der Waals surface area contributed by atoms with Gasteiger partial charge in [0.05, 0.1) is 18.1 Å². The first-order valence-corrected chi connectivity index (χ1v) is 8.15. The molecule has 7 heteroatoms. The molecule has 3 aliphatic heterocycles. The van der Waals surface area contributed by atoms with Gasteiger partial charge in [-0.05, 0) is 29.3 Å². The summed E-state index contributed by atoms with van der Waals surface area (Å²) in [5, 5.41) is 0. The Hall–Kier alpha value is -2.38. The predicted octanol–water partition coefficient (Wildman–Crippen LogP) is 0.896. The molecule has 1 amide bonds. The monoisotopic (exact) mass is 343 g/mol. The molecule has 1 spiro atoms. The number of carbonyl (C=O) groups excluding carboxylic acids is 2. The normalized spacial score (nSPS) is 34.8. The fourth-order valence-corrected chi connectivity index (χ4v) is 4.69. The molecule has 0 N–H and O–H groups in total. The van der Waals surface area contributed by atoms with Crippen LogP contribution in [-0.4, -0.2) is 49.4 Å². The van der Waals surface area contributed by atoms with E-state index < -0.39 is 11.2 Å². The first kappa shape index (κ1) is 14.9. The molecular weight excluding hydrogens is 326 g/mol. The third kappa shape index (κ3) is 1.54. The predicted molar refractivity (Wildman–Crippen MR) is 84.1 cm³/mol. The number of fused-ring (bicyclic) bond motifs is 2. The lowest BCUT2D eigenvalue weighted by Crippen LogP contribution is -2.60. The summed E-state index contributed by atoms with van der Waals surface area (Å²) < 4.78 is 22.7. The maximum atomic E-state index is 13.1. The number of ether oxygens (including phenoxy) is 4. The van der Waals surface area contributed by atoms with E-state index in [1.54, 1.807) is 18.0 Å². The number of hydrogen-bond donors (Lipinski definition) is 0. The quantitative estimate of drug-likeness (QED) is 0.754. The van der Waals surface area contributed by atoms with Crippen molar-refractivity contribution in [1.29, 1.82) is 0 Å². The lowest BCUT2D eigenvalue weighted by atomic mass is 9.64. The van der Waals surface area contributed by atoms with E-state index in [1.807, 2.05) is 12.1 Å². The van der Waals surface area contributed by atoms with Gasteiger partial charge in [0, 0.05) is 20.6 Å². The van der Waals surface area contributed by atoms with Crippen LogP contribution in [0.4, 0.5) is 0 Å². The van der Waals surface area contributed by atoms with Crippen LogP contribution in [0, 0.1) is 0 Å². The minimum Gasteiger partial charge on any atom is -0.454 e. The minimum absolute atomic E-state index is 0.0185. The van der Waals surface area contributed by atoms with E-state index in [9.17, 15) is 9.59 Å². The molecule has 130 valence electrons. The molecule has 1 saturated heterocycles. The van der Waals surface area contributed by atoms with Crippen molar-refractivity contribution < 1.29 is 28.5 Å². The molecule has 0 aromatic heterocycles. The van der Waals surface area contributed by atoms with Gasteiger partial charge in [0.1, 0.15) is 0 Å². The molecule has 3 heterocycles. The van der Waals surface area contributed by atoms with Gasteiger partial charge in [-0.1, -0.05) is 6.08 Å². The van der Waals surface area contributed by atoms with Crippen LogP contribution in [0.15, 0.2) is 24.3 Å². The lowest BCUT2D eigenvalue weighted by molar-refractivity contribution is -0.246. The SMILES string of the molecule is CO[C@]12OCc3cc4c(cc3[C@]13C=CC(=O)C[C@@H]3N(C)C2=O)OCO4. The van der Waals surface area contributed by atoms with E-state index in [0.717, 1.165) is 11.1 Å². The first-order valence-electron chi connectivity index (χ1n) is 8.15. The van der Waals surface area contributed by atoms with Gasteiger partial charge in [-0.25, -0.2) is 0 Å². The average Bonchev–Trinajstić information content (AvgIpc) is 3.15. The molecule has 0 unspecified atom stereocenters. The molecule has 4 aliphatic rings. The molecular formula is C18H17NO6. The van der Waals surface area contributed by atoms with Crippen LogP contribution in [-0.2, 0) is 31.1 Å². The Balaban J connectivity index is 1.84. The zero-order valence-corrected chi connectivity index (χ0v) is 13.9. The van der Waals surface area contributed by atoms with Crippen LogP contribution in [0.2, 0.25) is 0 Å². The zero-order valence-electron chi connectivity index (χ0n) is 13.9. The molecule has 1 aliphatic carbocycles. The Morgan fingerprint density at radius 3 is 2.76 bits per heavy atom.